The van der Waals surface area contributed by atoms with Gasteiger partial charge in [-0.15, -0.1) is 11.8 Å². The van der Waals surface area contributed by atoms with Gasteiger partial charge in [-0.25, -0.2) is 0 Å². The quantitative estimate of drug-likeness (QED) is 0.224. The predicted octanol–water partition coefficient (Wildman–Crippen LogP) is 6.06. The van der Waals surface area contributed by atoms with E-state index in [4.69, 9.17) is 9.47 Å². The molecule has 4 rings (SSSR count). The minimum Gasteiger partial charge on any atom is -0.460 e. The van der Waals surface area contributed by atoms with Gasteiger partial charge in [0, 0.05) is 23.0 Å². The smallest absolute Gasteiger partial charge is 0.313 e. The van der Waals surface area contributed by atoms with Crippen LogP contribution in [-0.2, 0) is 16.1 Å². The number of ether oxygens (including phenoxy) is 2. The molecular formula is C28H25NO4S. The Morgan fingerprint density at radius 3 is 2.21 bits per heavy atom. The van der Waals surface area contributed by atoms with Gasteiger partial charge in [0.2, 0.25) is 0 Å². The van der Waals surface area contributed by atoms with Crippen LogP contribution in [0, 0.1) is 5.92 Å². The molecule has 1 N–H and O–H groups in total. The highest BCUT2D eigenvalue weighted by atomic mass is 32.2. The van der Waals surface area contributed by atoms with Crippen molar-refractivity contribution in [2.45, 2.75) is 17.6 Å². The van der Waals surface area contributed by atoms with Crippen molar-refractivity contribution in [3.8, 4) is 11.5 Å². The van der Waals surface area contributed by atoms with Crippen LogP contribution in [-0.4, -0.2) is 21.8 Å². The summed E-state index contributed by atoms with van der Waals surface area (Å²) in [6.45, 7) is 0.108. The zero-order valence-corrected chi connectivity index (χ0v) is 19.3. The lowest BCUT2D eigenvalue weighted by molar-refractivity contribution is -0.153. The van der Waals surface area contributed by atoms with Gasteiger partial charge in [-0.2, -0.15) is 0 Å². The highest BCUT2D eigenvalue weighted by Gasteiger charge is 2.30. The number of aromatic nitrogens is 1. The van der Waals surface area contributed by atoms with Gasteiger partial charge >= 0.3 is 5.97 Å². The fourth-order valence-electron chi connectivity index (χ4n) is 3.31. The number of rotatable bonds is 10. The maximum absolute atomic E-state index is 13.0. The van der Waals surface area contributed by atoms with Gasteiger partial charge in [0.1, 0.15) is 18.1 Å². The first kappa shape index (κ1) is 23.5. The van der Waals surface area contributed by atoms with E-state index >= 15 is 0 Å². The number of hydrogen-bond donors (Lipinski definition) is 1. The van der Waals surface area contributed by atoms with Gasteiger partial charge in [0.05, 0.1) is 12.0 Å². The molecule has 172 valence electrons. The average molecular weight is 472 g/mol. The van der Waals surface area contributed by atoms with Gasteiger partial charge in [-0.05, 0) is 53.6 Å². The molecule has 2 atom stereocenters. The van der Waals surface area contributed by atoms with Gasteiger partial charge in [0.25, 0.3) is 0 Å². The van der Waals surface area contributed by atoms with Crippen LogP contribution >= 0.6 is 11.8 Å². The molecular weight excluding hydrogens is 446 g/mol. The first-order chi connectivity index (χ1) is 16.7. The SMILES string of the molecule is O=C(OCc1ccc(Oc2ccccc2)cc1)C(CSc1ccccc1)C(O)c1cccnc1. The molecule has 34 heavy (non-hydrogen) atoms. The van der Waals surface area contributed by atoms with Gasteiger partial charge in [0.15, 0.2) is 0 Å². The molecule has 0 aliphatic rings. The Kier molecular flexibility index (Phi) is 8.32. The molecule has 6 heteroatoms. The van der Waals surface area contributed by atoms with Crippen LogP contribution < -0.4 is 4.74 Å². The van der Waals surface area contributed by atoms with Crippen molar-refractivity contribution in [2.75, 3.05) is 5.75 Å². The highest BCUT2D eigenvalue weighted by molar-refractivity contribution is 7.99. The minimum atomic E-state index is -1.01. The topological polar surface area (TPSA) is 68.7 Å². The second-order valence-electron chi connectivity index (χ2n) is 7.63. The lowest BCUT2D eigenvalue weighted by Gasteiger charge is -2.21. The molecule has 1 heterocycles. The summed E-state index contributed by atoms with van der Waals surface area (Å²) in [7, 11) is 0. The van der Waals surface area contributed by atoms with E-state index in [0.29, 0.717) is 17.1 Å². The highest BCUT2D eigenvalue weighted by Crippen LogP contribution is 2.30. The molecule has 2 unspecified atom stereocenters. The third kappa shape index (κ3) is 6.70. The van der Waals surface area contributed by atoms with E-state index in [9.17, 15) is 9.90 Å². The second-order valence-corrected chi connectivity index (χ2v) is 8.72. The van der Waals surface area contributed by atoms with Crippen molar-refractivity contribution < 1.29 is 19.4 Å². The van der Waals surface area contributed by atoms with Crippen molar-refractivity contribution in [3.05, 3.63) is 121 Å². The standard InChI is InChI=1S/C28H25NO4S/c30-27(22-8-7-17-29-18-22)26(20-34-25-11-5-2-6-12-25)28(31)32-19-21-13-15-24(16-14-21)33-23-9-3-1-4-10-23/h1-18,26-27,30H,19-20H2. The molecule has 0 amide bonds. The molecule has 0 bridgehead atoms. The zero-order valence-electron chi connectivity index (χ0n) is 18.5. The summed E-state index contributed by atoms with van der Waals surface area (Å²) >= 11 is 1.51. The number of carbonyl (C=O) groups excluding carboxylic acids is 1. The van der Waals surface area contributed by atoms with Crippen molar-refractivity contribution in [2.24, 2.45) is 5.92 Å². The third-order valence-electron chi connectivity index (χ3n) is 5.17. The van der Waals surface area contributed by atoms with Crippen molar-refractivity contribution in [1.29, 1.82) is 0 Å². The molecule has 5 nitrogen and oxygen atoms in total. The average Bonchev–Trinajstić information content (AvgIpc) is 2.90. The summed E-state index contributed by atoms with van der Waals surface area (Å²) in [5.74, 6) is 0.637. The molecule has 0 saturated heterocycles. The Labute approximate surface area is 203 Å². The number of para-hydroxylation sites is 1. The molecule has 0 aliphatic heterocycles. The summed E-state index contributed by atoms with van der Waals surface area (Å²) in [5, 5.41) is 10.9. The number of hydrogen-bond acceptors (Lipinski definition) is 6. The van der Waals surface area contributed by atoms with E-state index in [2.05, 4.69) is 4.98 Å². The Hall–Kier alpha value is -3.61. The molecule has 0 saturated carbocycles. The van der Waals surface area contributed by atoms with Crippen LogP contribution in [0.1, 0.15) is 17.2 Å². The molecule has 3 aromatic carbocycles. The summed E-state index contributed by atoms with van der Waals surface area (Å²) in [5.41, 5.74) is 1.42. The van der Waals surface area contributed by atoms with E-state index in [1.807, 2.05) is 84.9 Å². The summed E-state index contributed by atoms with van der Waals surface area (Å²) in [4.78, 5) is 18.1. The van der Waals surface area contributed by atoms with Crippen LogP contribution in [0.2, 0.25) is 0 Å². The molecule has 0 aliphatic carbocycles. The number of pyridine rings is 1. The van der Waals surface area contributed by atoms with E-state index in [-0.39, 0.29) is 6.61 Å². The largest absolute Gasteiger partial charge is 0.460 e. The zero-order chi connectivity index (χ0) is 23.6. The van der Waals surface area contributed by atoms with E-state index in [1.165, 1.54) is 11.8 Å². The fraction of sp³-hybridized carbons (Fsp3) is 0.143. The summed E-state index contributed by atoms with van der Waals surface area (Å²) < 4.78 is 11.4. The van der Waals surface area contributed by atoms with Crippen molar-refractivity contribution in [1.82, 2.24) is 4.98 Å². The van der Waals surface area contributed by atoms with Crippen LogP contribution in [0.15, 0.2) is 114 Å². The van der Waals surface area contributed by atoms with Gasteiger partial charge < -0.3 is 14.6 Å². The Morgan fingerprint density at radius 1 is 0.853 bits per heavy atom. The molecule has 0 radical (unpaired) electrons. The first-order valence-electron chi connectivity index (χ1n) is 10.9. The molecule has 0 fully saturated rings. The molecule has 0 spiro atoms. The van der Waals surface area contributed by atoms with Crippen LogP contribution in [0.4, 0.5) is 0 Å². The lowest BCUT2D eigenvalue weighted by atomic mass is 9.99. The Balaban J connectivity index is 1.39. The second kappa shape index (κ2) is 12.0. The van der Waals surface area contributed by atoms with E-state index < -0.39 is 18.0 Å². The number of benzene rings is 3. The fourth-order valence-corrected chi connectivity index (χ4v) is 4.35. The maximum atomic E-state index is 13.0. The monoisotopic (exact) mass is 471 g/mol. The summed E-state index contributed by atoms with van der Waals surface area (Å²) in [6, 6.07) is 30.2. The number of aliphatic hydroxyl groups is 1. The predicted molar refractivity (Wildman–Crippen MR) is 133 cm³/mol. The van der Waals surface area contributed by atoms with E-state index in [0.717, 1.165) is 16.2 Å². The van der Waals surface area contributed by atoms with Crippen molar-refractivity contribution in [3.63, 3.8) is 0 Å². The van der Waals surface area contributed by atoms with Gasteiger partial charge in [-0.1, -0.05) is 54.6 Å². The molecule has 4 aromatic rings. The first-order valence-corrected chi connectivity index (χ1v) is 11.9. The van der Waals surface area contributed by atoms with Crippen molar-refractivity contribution >= 4 is 17.7 Å². The summed E-state index contributed by atoms with van der Waals surface area (Å²) in [6.07, 6.45) is 2.19. The Morgan fingerprint density at radius 2 is 1.53 bits per heavy atom. The third-order valence-corrected chi connectivity index (χ3v) is 6.30. The number of carbonyl (C=O) groups is 1. The Bertz CT molecular complexity index is 1160. The number of thioether (sulfide) groups is 1. The molecule has 1 aromatic heterocycles. The van der Waals surface area contributed by atoms with E-state index in [1.54, 1.807) is 24.5 Å². The number of nitrogens with zero attached hydrogens (tertiary/aromatic N) is 1. The van der Waals surface area contributed by atoms with Crippen LogP contribution in [0.3, 0.4) is 0 Å². The van der Waals surface area contributed by atoms with Crippen LogP contribution in [0.25, 0.3) is 0 Å². The lowest BCUT2D eigenvalue weighted by Crippen LogP contribution is -2.27. The normalized spacial score (nSPS) is 12.5. The minimum absolute atomic E-state index is 0.108. The maximum Gasteiger partial charge on any atom is 0.313 e. The number of aliphatic hydroxyl groups excluding tert-OH is 1. The van der Waals surface area contributed by atoms with Crippen LogP contribution in [0.5, 0.6) is 11.5 Å². The van der Waals surface area contributed by atoms with Gasteiger partial charge in [-0.3, -0.25) is 9.78 Å². The number of esters is 1.